The summed E-state index contributed by atoms with van der Waals surface area (Å²) in [7, 11) is 0. The highest BCUT2D eigenvalue weighted by Gasteiger charge is 2.13. The van der Waals surface area contributed by atoms with Crippen LogP contribution in [0.15, 0.2) is 42.5 Å². The Hall–Kier alpha value is -2.76. The van der Waals surface area contributed by atoms with E-state index < -0.39 is 17.5 Å². The molecule has 0 radical (unpaired) electrons. The molecule has 2 amide bonds. The van der Waals surface area contributed by atoms with Gasteiger partial charge in [-0.25, -0.2) is 8.78 Å². The molecule has 6 heteroatoms. The molecule has 0 aromatic heterocycles. The van der Waals surface area contributed by atoms with E-state index in [1.54, 1.807) is 18.2 Å². The molecule has 0 saturated carbocycles. The van der Waals surface area contributed by atoms with Crippen molar-refractivity contribution in [3.63, 3.8) is 0 Å². The molecule has 0 fully saturated rings. The van der Waals surface area contributed by atoms with Crippen molar-refractivity contribution >= 4 is 23.2 Å². The minimum atomic E-state index is -0.813. The predicted molar refractivity (Wildman–Crippen MR) is 75.1 cm³/mol. The molecule has 0 saturated heterocycles. The minimum absolute atomic E-state index is 0.255. The normalized spacial score (nSPS) is 10.0. The number of benzene rings is 2. The van der Waals surface area contributed by atoms with Crippen molar-refractivity contribution in [3.8, 4) is 0 Å². The quantitative estimate of drug-likeness (QED) is 0.912. The van der Waals surface area contributed by atoms with Crippen LogP contribution in [0.4, 0.5) is 20.2 Å². The maximum absolute atomic E-state index is 13.5. The zero-order chi connectivity index (χ0) is 15.4. The van der Waals surface area contributed by atoms with Crippen LogP contribution in [-0.4, -0.2) is 11.8 Å². The van der Waals surface area contributed by atoms with Crippen molar-refractivity contribution in [3.05, 3.63) is 59.7 Å². The lowest BCUT2D eigenvalue weighted by Gasteiger charge is -2.08. The number of hydrogen-bond acceptors (Lipinski definition) is 2. The van der Waals surface area contributed by atoms with Crippen LogP contribution in [0.5, 0.6) is 0 Å². The Bertz CT molecular complexity index is 702. The van der Waals surface area contributed by atoms with Gasteiger partial charge in [-0.15, -0.1) is 0 Å². The van der Waals surface area contributed by atoms with E-state index in [-0.39, 0.29) is 11.5 Å². The average molecular weight is 290 g/mol. The predicted octanol–water partition coefficient (Wildman–Crippen LogP) is 3.18. The molecule has 0 unspecified atom stereocenters. The first-order valence-electron chi connectivity index (χ1n) is 6.10. The van der Waals surface area contributed by atoms with Crippen molar-refractivity contribution in [1.29, 1.82) is 0 Å². The summed E-state index contributed by atoms with van der Waals surface area (Å²) in [5.41, 5.74) is 0.454. The van der Waals surface area contributed by atoms with Gasteiger partial charge in [0.25, 0.3) is 5.91 Å². The SMILES string of the molecule is CC(=O)Nc1cccc(NC(=O)c2cc(F)ccc2F)c1. The molecular weight excluding hydrogens is 278 g/mol. The number of carbonyl (C=O) groups is 2. The van der Waals surface area contributed by atoms with Crippen LogP contribution < -0.4 is 10.6 Å². The lowest BCUT2D eigenvalue weighted by Crippen LogP contribution is -2.14. The van der Waals surface area contributed by atoms with E-state index in [4.69, 9.17) is 0 Å². The van der Waals surface area contributed by atoms with Gasteiger partial charge in [0.2, 0.25) is 5.91 Å². The molecule has 2 aromatic carbocycles. The number of anilines is 2. The zero-order valence-electron chi connectivity index (χ0n) is 11.1. The first-order valence-corrected chi connectivity index (χ1v) is 6.10. The molecule has 2 N–H and O–H groups in total. The highest BCUT2D eigenvalue weighted by atomic mass is 19.1. The first kappa shape index (κ1) is 14.6. The molecule has 108 valence electrons. The number of rotatable bonds is 3. The van der Waals surface area contributed by atoms with Gasteiger partial charge in [-0.1, -0.05) is 6.07 Å². The highest BCUT2D eigenvalue weighted by molar-refractivity contribution is 6.04. The summed E-state index contributed by atoms with van der Waals surface area (Å²) < 4.78 is 26.5. The highest BCUT2D eigenvalue weighted by Crippen LogP contribution is 2.17. The molecule has 21 heavy (non-hydrogen) atoms. The molecule has 0 aliphatic heterocycles. The topological polar surface area (TPSA) is 58.2 Å². The maximum atomic E-state index is 13.5. The number of nitrogens with one attached hydrogen (secondary N) is 2. The van der Waals surface area contributed by atoms with Crippen LogP contribution in [0.2, 0.25) is 0 Å². The summed E-state index contributed by atoms with van der Waals surface area (Å²) in [6.45, 7) is 1.35. The zero-order valence-corrected chi connectivity index (χ0v) is 11.1. The van der Waals surface area contributed by atoms with Crippen molar-refractivity contribution in [1.82, 2.24) is 0 Å². The standard InChI is InChI=1S/C15H12F2N2O2/c1-9(20)18-11-3-2-4-12(8-11)19-15(21)13-7-10(16)5-6-14(13)17/h2-8H,1H3,(H,18,20)(H,19,21). The fourth-order valence-electron chi connectivity index (χ4n) is 1.75. The third-order valence-corrected chi connectivity index (χ3v) is 2.61. The maximum Gasteiger partial charge on any atom is 0.258 e. The molecule has 0 bridgehead atoms. The summed E-state index contributed by atoms with van der Waals surface area (Å²) in [5, 5.41) is 5.00. The molecule has 0 aliphatic carbocycles. The Morgan fingerprint density at radius 2 is 1.62 bits per heavy atom. The van der Waals surface area contributed by atoms with Gasteiger partial charge >= 0.3 is 0 Å². The molecule has 0 spiro atoms. The molecule has 0 heterocycles. The smallest absolute Gasteiger partial charge is 0.258 e. The number of halogens is 2. The van der Waals surface area contributed by atoms with Crippen LogP contribution in [0.25, 0.3) is 0 Å². The van der Waals surface area contributed by atoms with Gasteiger partial charge in [-0.3, -0.25) is 9.59 Å². The lowest BCUT2D eigenvalue weighted by molar-refractivity contribution is -0.114. The van der Waals surface area contributed by atoms with Gasteiger partial charge in [0, 0.05) is 18.3 Å². The van der Waals surface area contributed by atoms with E-state index in [1.807, 2.05) is 0 Å². The van der Waals surface area contributed by atoms with Crippen LogP contribution in [0, 0.1) is 11.6 Å². The van der Waals surface area contributed by atoms with E-state index in [2.05, 4.69) is 10.6 Å². The molecule has 2 aromatic rings. The Morgan fingerprint density at radius 3 is 2.29 bits per heavy atom. The second-order valence-corrected chi connectivity index (χ2v) is 4.34. The van der Waals surface area contributed by atoms with Crippen LogP contribution >= 0.6 is 0 Å². The number of carbonyl (C=O) groups excluding carboxylic acids is 2. The van der Waals surface area contributed by atoms with Crippen LogP contribution in [0.3, 0.4) is 0 Å². The van der Waals surface area contributed by atoms with E-state index in [0.717, 1.165) is 18.2 Å². The molecule has 0 aliphatic rings. The summed E-state index contributed by atoms with van der Waals surface area (Å²) in [6, 6.07) is 8.98. The van der Waals surface area contributed by atoms with Crippen molar-refractivity contribution in [2.75, 3.05) is 10.6 Å². The van der Waals surface area contributed by atoms with Crippen molar-refractivity contribution < 1.29 is 18.4 Å². The summed E-state index contributed by atoms with van der Waals surface area (Å²) >= 11 is 0. The van der Waals surface area contributed by atoms with Gasteiger partial charge in [0.15, 0.2) is 0 Å². The molecule has 0 atom stereocenters. The summed E-state index contributed by atoms with van der Waals surface area (Å²) in [4.78, 5) is 22.9. The first-order chi connectivity index (χ1) is 9.95. The summed E-state index contributed by atoms with van der Waals surface area (Å²) in [6.07, 6.45) is 0. The van der Waals surface area contributed by atoms with E-state index in [1.165, 1.54) is 13.0 Å². The van der Waals surface area contributed by atoms with Crippen molar-refractivity contribution in [2.24, 2.45) is 0 Å². The number of hydrogen-bond donors (Lipinski definition) is 2. The van der Waals surface area contributed by atoms with Crippen molar-refractivity contribution in [2.45, 2.75) is 6.92 Å². The molecular formula is C15H12F2N2O2. The summed E-state index contributed by atoms with van der Waals surface area (Å²) in [5.74, 6) is -2.54. The van der Waals surface area contributed by atoms with Gasteiger partial charge in [0.1, 0.15) is 11.6 Å². The fourth-order valence-corrected chi connectivity index (χ4v) is 1.75. The van der Waals surface area contributed by atoms with E-state index >= 15 is 0 Å². The Morgan fingerprint density at radius 1 is 0.952 bits per heavy atom. The largest absolute Gasteiger partial charge is 0.326 e. The van der Waals surface area contributed by atoms with E-state index in [9.17, 15) is 18.4 Å². The third-order valence-electron chi connectivity index (χ3n) is 2.61. The van der Waals surface area contributed by atoms with Gasteiger partial charge in [-0.2, -0.15) is 0 Å². The second kappa shape index (κ2) is 6.13. The monoisotopic (exact) mass is 290 g/mol. The molecule has 4 nitrogen and oxygen atoms in total. The van der Waals surface area contributed by atoms with Crippen LogP contribution in [0.1, 0.15) is 17.3 Å². The minimum Gasteiger partial charge on any atom is -0.326 e. The Kier molecular flexibility index (Phi) is 4.27. The third kappa shape index (κ3) is 3.85. The fraction of sp³-hybridized carbons (Fsp3) is 0.0667. The van der Waals surface area contributed by atoms with Gasteiger partial charge < -0.3 is 10.6 Å². The van der Waals surface area contributed by atoms with E-state index in [0.29, 0.717) is 11.4 Å². The number of amides is 2. The molecule has 2 rings (SSSR count). The lowest BCUT2D eigenvalue weighted by atomic mass is 10.2. The second-order valence-electron chi connectivity index (χ2n) is 4.34. The Balaban J connectivity index is 2.19. The Labute approximate surface area is 119 Å². The van der Waals surface area contributed by atoms with Gasteiger partial charge in [-0.05, 0) is 36.4 Å². The van der Waals surface area contributed by atoms with Crippen LogP contribution in [-0.2, 0) is 4.79 Å². The van der Waals surface area contributed by atoms with Gasteiger partial charge in [0.05, 0.1) is 5.56 Å². The average Bonchev–Trinajstić information content (AvgIpc) is 2.41.